The molecule has 0 aromatic carbocycles. The lowest BCUT2D eigenvalue weighted by atomic mass is 9.34. The highest BCUT2D eigenvalue weighted by atomic mass is 16.8. The van der Waals surface area contributed by atoms with E-state index in [1.807, 2.05) is 34.6 Å². The minimum atomic E-state index is -1.81. The molecular formula is C42H72O14. The monoisotopic (exact) mass is 800 g/mol. The van der Waals surface area contributed by atoms with E-state index in [9.17, 15) is 51.1 Å². The lowest BCUT2D eigenvalue weighted by Crippen LogP contribution is -2.71. The van der Waals surface area contributed by atoms with Crippen LogP contribution in [0.3, 0.4) is 0 Å². The molecule has 0 unspecified atom stereocenters. The van der Waals surface area contributed by atoms with Gasteiger partial charge in [-0.3, -0.25) is 0 Å². The number of rotatable bonds is 10. The standard InChI is InChI=1S/C42H72O14/c1-20(2)10-9-13-42(8,52)21-11-15-40(6)28(21)22(45)16-26-39(5)14-12-27(46)38(3,4)35(39)23(17-41(26,40)7)53-37-34(32(50)30(48)25(19-44)55-37)56-36-33(51)31(49)29(47)24(18-43)54-36/h10,21-37,43-52H,9,11-19H2,1-8H3/t21-,22+,23-,24+,25+,26+,27-,28+,29+,30+,31-,32-,33+,34+,35-,36-,37+,39+,40+,41+,42-/m0/s1. The van der Waals surface area contributed by atoms with Crippen LogP contribution in [0.25, 0.3) is 0 Å². The Kier molecular flexibility index (Phi) is 12.7. The fourth-order valence-electron chi connectivity index (χ4n) is 13.4. The van der Waals surface area contributed by atoms with Gasteiger partial charge in [0.1, 0.15) is 48.8 Å². The van der Waals surface area contributed by atoms with Crippen molar-refractivity contribution in [2.24, 2.45) is 45.3 Å². The molecule has 0 spiro atoms. The molecule has 0 aromatic heterocycles. The van der Waals surface area contributed by atoms with Gasteiger partial charge in [-0.1, -0.05) is 46.3 Å². The minimum Gasteiger partial charge on any atom is -0.394 e. The topological polar surface area (TPSA) is 239 Å². The zero-order valence-electron chi connectivity index (χ0n) is 34.6. The lowest BCUT2D eigenvalue weighted by molar-refractivity contribution is -0.383. The Balaban J connectivity index is 1.38. The molecule has 4 aliphatic carbocycles. The second-order valence-corrected chi connectivity index (χ2v) is 20.3. The molecule has 2 saturated heterocycles. The summed E-state index contributed by atoms with van der Waals surface area (Å²) in [6.07, 6.45) is -10.6. The van der Waals surface area contributed by atoms with Crippen molar-refractivity contribution >= 4 is 0 Å². The van der Waals surface area contributed by atoms with E-state index in [1.165, 1.54) is 5.57 Å². The van der Waals surface area contributed by atoms with Crippen LogP contribution in [0.1, 0.15) is 107 Å². The number of aliphatic hydroxyl groups is 10. The van der Waals surface area contributed by atoms with Crippen LogP contribution in [0.4, 0.5) is 0 Å². The Morgan fingerprint density at radius 3 is 1.98 bits per heavy atom. The SMILES string of the molecule is CC(C)=CCC[C@](C)(O)[C@H]1CC[C@]2(C)[C@H]1[C@H](O)C[C@@H]1[C@@]3(C)CC[C@H](O)C(C)(C)[C@@H]3[C@@H](O[C@@H]3O[C@H](CO)[C@@H](O)[C@H](O)[C@H]3O[C@@H]3O[C@H](CO)[C@@H](O)[C@H](O)[C@H]3O)C[C@]12C. The fraction of sp³-hybridized carbons (Fsp3) is 0.952. The summed E-state index contributed by atoms with van der Waals surface area (Å²) in [5.74, 6) is -0.623. The van der Waals surface area contributed by atoms with Gasteiger partial charge in [-0.2, -0.15) is 0 Å². The second kappa shape index (κ2) is 15.9. The molecule has 56 heavy (non-hydrogen) atoms. The van der Waals surface area contributed by atoms with Crippen LogP contribution in [-0.4, -0.2) is 150 Å². The highest BCUT2D eigenvalue weighted by Gasteiger charge is 2.73. The number of hydrogen-bond donors (Lipinski definition) is 10. The van der Waals surface area contributed by atoms with Crippen molar-refractivity contribution in [3.63, 3.8) is 0 Å². The van der Waals surface area contributed by atoms with Gasteiger partial charge < -0.3 is 70.0 Å². The van der Waals surface area contributed by atoms with E-state index in [2.05, 4.69) is 26.8 Å². The fourth-order valence-corrected chi connectivity index (χ4v) is 13.4. The van der Waals surface area contributed by atoms with Crippen molar-refractivity contribution in [3.8, 4) is 0 Å². The first kappa shape index (κ1) is 44.7. The first-order valence-corrected chi connectivity index (χ1v) is 21.0. The van der Waals surface area contributed by atoms with Gasteiger partial charge in [-0.15, -0.1) is 0 Å². The molecule has 6 rings (SSSR count). The van der Waals surface area contributed by atoms with Crippen LogP contribution in [0.2, 0.25) is 0 Å². The molecule has 21 atom stereocenters. The molecule has 14 heteroatoms. The summed E-state index contributed by atoms with van der Waals surface area (Å²) in [6, 6.07) is 0. The van der Waals surface area contributed by atoms with E-state index in [4.69, 9.17) is 18.9 Å². The van der Waals surface area contributed by atoms with E-state index >= 15 is 0 Å². The van der Waals surface area contributed by atoms with E-state index in [-0.39, 0.29) is 23.7 Å². The zero-order valence-corrected chi connectivity index (χ0v) is 34.6. The molecule has 324 valence electrons. The number of hydrogen-bond acceptors (Lipinski definition) is 14. The van der Waals surface area contributed by atoms with E-state index < -0.39 is 120 Å². The number of fused-ring (bicyclic) bond motifs is 5. The van der Waals surface area contributed by atoms with Crippen molar-refractivity contribution in [3.05, 3.63) is 11.6 Å². The summed E-state index contributed by atoms with van der Waals surface area (Å²) in [6.45, 7) is 15.5. The molecule has 2 heterocycles. The number of allylic oxidation sites excluding steroid dienone is 2. The highest BCUT2D eigenvalue weighted by molar-refractivity contribution is 5.22. The van der Waals surface area contributed by atoms with Crippen LogP contribution in [0.5, 0.6) is 0 Å². The summed E-state index contributed by atoms with van der Waals surface area (Å²) in [5, 5.41) is 110. The molecule has 6 fully saturated rings. The van der Waals surface area contributed by atoms with Gasteiger partial charge in [-0.25, -0.2) is 0 Å². The summed E-state index contributed by atoms with van der Waals surface area (Å²) < 4.78 is 24.9. The molecular weight excluding hydrogens is 728 g/mol. The summed E-state index contributed by atoms with van der Waals surface area (Å²) in [5.41, 5.74) is -1.85. The molecule has 2 aliphatic heterocycles. The van der Waals surface area contributed by atoms with Crippen LogP contribution in [0, 0.1) is 45.3 Å². The molecule has 6 aliphatic rings. The number of aliphatic hydroxyl groups excluding tert-OH is 9. The molecule has 14 nitrogen and oxygen atoms in total. The van der Waals surface area contributed by atoms with Crippen molar-refractivity contribution in [2.45, 2.75) is 192 Å². The van der Waals surface area contributed by atoms with Gasteiger partial charge in [0, 0.05) is 0 Å². The maximum atomic E-state index is 12.3. The number of ether oxygens (including phenoxy) is 4. The van der Waals surface area contributed by atoms with E-state index in [0.717, 1.165) is 19.3 Å². The third-order valence-electron chi connectivity index (χ3n) is 16.5. The third kappa shape index (κ3) is 7.16. The minimum absolute atomic E-state index is 0.0169. The smallest absolute Gasteiger partial charge is 0.187 e. The largest absolute Gasteiger partial charge is 0.394 e. The van der Waals surface area contributed by atoms with E-state index in [1.54, 1.807) is 0 Å². The predicted molar refractivity (Wildman–Crippen MR) is 202 cm³/mol. The molecule has 0 bridgehead atoms. The Morgan fingerprint density at radius 2 is 1.38 bits per heavy atom. The normalized spacial score (nSPS) is 52.6. The van der Waals surface area contributed by atoms with Gasteiger partial charge in [0.05, 0.1) is 37.1 Å². The second-order valence-electron chi connectivity index (χ2n) is 20.3. The average molecular weight is 801 g/mol. The van der Waals surface area contributed by atoms with Crippen molar-refractivity contribution in [1.29, 1.82) is 0 Å². The maximum absolute atomic E-state index is 12.3. The van der Waals surface area contributed by atoms with Crippen LogP contribution >= 0.6 is 0 Å². The van der Waals surface area contributed by atoms with Crippen molar-refractivity contribution in [2.75, 3.05) is 13.2 Å². The van der Waals surface area contributed by atoms with Gasteiger partial charge in [0.15, 0.2) is 12.6 Å². The molecule has 0 aromatic rings. The van der Waals surface area contributed by atoms with Crippen molar-refractivity contribution in [1.82, 2.24) is 0 Å². The Morgan fingerprint density at radius 1 is 0.768 bits per heavy atom. The highest BCUT2D eigenvalue weighted by Crippen LogP contribution is 2.76. The van der Waals surface area contributed by atoms with Gasteiger partial charge >= 0.3 is 0 Å². The van der Waals surface area contributed by atoms with Crippen LogP contribution in [-0.2, 0) is 18.9 Å². The summed E-state index contributed by atoms with van der Waals surface area (Å²) >= 11 is 0. The zero-order chi connectivity index (χ0) is 41.5. The lowest BCUT2D eigenvalue weighted by Gasteiger charge is -2.72. The quantitative estimate of drug-likeness (QED) is 0.110. The van der Waals surface area contributed by atoms with Gasteiger partial charge in [0.25, 0.3) is 0 Å². The summed E-state index contributed by atoms with van der Waals surface area (Å²) in [4.78, 5) is 0. The van der Waals surface area contributed by atoms with Crippen LogP contribution < -0.4 is 0 Å². The Labute approximate surface area is 331 Å². The van der Waals surface area contributed by atoms with Crippen molar-refractivity contribution < 1.29 is 70.0 Å². The molecule has 0 radical (unpaired) electrons. The van der Waals surface area contributed by atoms with Crippen LogP contribution in [0.15, 0.2) is 11.6 Å². The summed E-state index contributed by atoms with van der Waals surface area (Å²) in [7, 11) is 0. The molecule has 4 saturated carbocycles. The molecule has 0 amide bonds. The first-order chi connectivity index (χ1) is 26.0. The maximum Gasteiger partial charge on any atom is 0.187 e. The predicted octanol–water partition coefficient (Wildman–Crippen LogP) is 1.12. The third-order valence-corrected chi connectivity index (χ3v) is 16.5. The van der Waals surface area contributed by atoms with Gasteiger partial charge in [0.2, 0.25) is 0 Å². The molecule has 10 N–H and O–H groups in total. The Bertz CT molecular complexity index is 1400. The Hall–Kier alpha value is -0.820. The van der Waals surface area contributed by atoms with E-state index in [0.29, 0.717) is 32.1 Å². The first-order valence-electron chi connectivity index (χ1n) is 21.0. The average Bonchev–Trinajstić information content (AvgIpc) is 3.51. The van der Waals surface area contributed by atoms with Gasteiger partial charge in [-0.05, 0) is 117 Å².